The fourth-order valence-corrected chi connectivity index (χ4v) is 11.7. The molecule has 3 N–H and O–H groups in total. The Morgan fingerprint density at radius 1 is 0.780 bits per heavy atom. The highest BCUT2D eigenvalue weighted by Crippen LogP contribution is 2.67. The quantitative estimate of drug-likeness (QED) is 0.0594. The van der Waals surface area contributed by atoms with Crippen molar-refractivity contribution in [3.05, 3.63) is 11.6 Å². The van der Waals surface area contributed by atoms with Crippen LogP contribution in [0.2, 0.25) is 0 Å². The number of carbonyl (C=O) groups is 1. The van der Waals surface area contributed by atoms with Crippen LogP contribution in [0.4, 0.5) is 0 Å². The van der Waals surface area contributed by atoms with Crippen LogP contribution in [0.3, 0.4) is 0 Å². The molecule has 0 aromatic rings. The predicted molar refractivity (Wildman–Crippen MR) is 207 cm³/mol. The summed E-state index contributed by atoms with van der Waals surface area (Å²) >= 11 is 0. The van der Waals surface area contributed by atoms with E-state index in [0.717, 1.165) is 82.0 Å². The molecule has 5 nitrogen and oxygen atoms in total. The molecule has 50 heavy (non-hydrogen) atoms. The van der Waals surface area contributed by atoms with E-state index in [-0.39, 0.29) is 23.6 Å². The van der Waals surface area contributed by atoms with Gasteiger partial charge < -0.3 is 20.1 Å². The molecule has 0 radical (unpaired) electrons. The largest absolute Gasteiger partial charge is 0.462 e. The van der Waals surface area contributed by atoms with Gasteiger partial charge in [-0.05, 0) is 104 Å². The van der Waals surface area contributed by atoms with E-state index in [9.17, 15) is 20.1 Å². The number of carbonyl (C=O) groups excluding carboxylic acids is 1. The summed E-state index contributed by atoms with van der Waals surface area (Å²) in [5, 5.41) is 32.3. The zero-order valence-corrected chi connectivity index (χ0v) is 33.5. The van der Waals surface area contributed by atoms with Gasteiger partial charge in [0, 0.05) is 12.8 Å². The molecular formula is C45H80O5. The molecule has 4 rings (SSSR count). The number of hydrogen-bond donors (Lipinski definition) is 3. The highest BCUT2D eigenvalue weighted by molar-refractivity contribution is 5.69. The molecule has 3 saturated carbocycles. The monoisotopic (exact) mass is 701 g/mol. The molecule has 0 amide bonds. The van der Waals surface area contributed by atoms with Gasteiger partial charge in [0.15, 0.2) is 0 Å². The van der Waals surface area contributed by atoms with Gasteiger partial charge in [-0.3, -0.25) is 4.79 Å². The van der Waals surface area contributed by atoms with Crippen molar-refractivity contribution in [2.45, 2.75) is 220 Å². The Morgan fingerprint density at radius 2 is 1.42 bits per heavy atom. The first-order chi connectivity index (χ1) is 23.9. The zero-order valence-electron chi connectivity index (χ0n) is 33.5. The minimum atomic E-state index is -0.615. The molecule has 0 bridgehead atoms. The Labute approximate surface area is 308 Å². The Bertz CT molecular complexity index is 1040. The Morgan fingerprint density at radius 3 is 2.08 bits per heavy atom. The van der Waals surface area contributed by atoms with Crippen LogP contribution in [0.5, 0.6) is 0 Å². The second-order valence-electron chi connectivity index (χ2n) is 18.8. The number of esters is 1. The van der Waals surface area contributed by atoms with Crippen LogP contribution < -0.4 is 0 Å². The van der Waals surface area contributed by atoms with E-state index in [1.165, 1.54) is 76.2 Å². The highest BCUT2D eigenvalue weighted by Gasteiger charge is 2.61. The Hall–Kier alpha value is -0.910. The SMILES string of the molecule is CCCCCCCCC(O)C(O)CCCCCCCC(=O)O[C@H]1CC[C@@]2(C)C(=C[C@H](O)[C@H]3[C@@H]4CC[C@H]([C@H](C)CCCC(C)C)[C@@]4(C)CC[C@@H]32)C1. The second kappa shape index (κ2) is 20.0. The summed E-state index contributed by atoms with van der Waals surface area (Å²) in [5.41, 5.74) is 1.83. The number of ether oxygens (including phenoxy) is 1. The highest BCUT2D eigenvalue weighted by atomic mass is 16.5. The third-order valence-corrected chi connectivity index (χ3v) is 14.8. The van der Waals surface area contributed by atoms with Crippen LogP contribution >= 0.6 is 0 Å². The summed E-state index contributed by atoms with van der Waals surface area (Å²) in [6.07, 6.45) is 26.3. The van der Waals surface area contributed by atoms with Crippen molar-refractivity contribution in [3.63, 3.8) is 0 Å². The fraction of sp³-hybridized carbons (Fsp3) is 0.933. The lowest BCUT2D eigenvalue weighted by atomic mass is 9.46. The minimum absolute atomic E-state index is 0.0637. The number of rotatable bonds is 22. The molecule has 2 unspecified atom stereocenters. The number of hydrogen-bond acceptors (Lipinski definition) is 5. The van der Waals surface area contributed by atoms with Gasteiger partial charge in [0.1, 0.15) is 6.10 Å². The molecule has 0 aliphatic heterocycles. The topological polar surface area (TPSA) is 87.0 Å². The van der Waals surface area contributed by atoms with Gasteiger partial charge in [0.25, 0.3) is 0 Å². The maximum atomic E-state index is 12.8. The van der Waals surface area contributed by atoms with E-state index >= 15 is 0 Å². The summed E-state index contributed by atoms with van der Waals surface area (Å²) in [7, 11) is 0. The van der Waals surface area contributed by atoms with Crippen LogP contribution in [0.1, 0.15) is 196 Å². The normalized spacial score (nSPS) is 34.0. The number of aliphatic hydroxyl groups excluding tert-OH is 3. The van der Waals surface area contributed by atoms with E-state index in [4.69, 9.17) is 4.74 Å². The molecule has 4 aliphatic rings. The van der Waals surface area contributed by atoms with Crippen molar-refractivity contribution in [1.29, 1.82) is 0 Å². The molecule has 0 heterocycles. The predicted octanol–water partition coefficient (Wildman–Crippen LogP) is 11.1. The maximum absolute atomic E-state index is 12.8. The van der Waals surface area contributed by atoms with E-state index in [2.05, 4.69) is 47.6 Å². The van der Waals surface area contributed by atoms with Gasteiger partial charge in [-0.15, -0.1) is 0 Å². The first-order valence-electron chi connectivity index (χ1n) is 21.9. The van der Waals surface area contributed by atoms with Crippen molar-refractivity contribution in [2.24, 2.45) is 46.3 Å². The van der Waals surface area contributed by atoms with E-state index < -0.39 is 12.2 Å². The molecular weight excluding hydrogens is 620 g/mol. The van der Waals surface area contributed by atoms with Gasteiger partial charge in [0.05, 0.1) is 18.3 Å². The summed E-state index contributed by atoms with van der Waals surface area (Å²) in [6.45, 7) is 14.5. The van der Waals surface area contributed by atoms with Crippen LogP contribution in [0.25, 0.3) is 0 Å². The van der Waals surface area contributed by atoms with Gasteiger partial charge in [-0.2, -0.15) is 0 Å². The zero-order chi connectivity index (χ0) is 36.3. The van der Waals surface area contributed by atoms with E-state index in [0.29, 0.717) is 42.4 Å². The van der Waals surface area contributed by atoms with Gasteiger partial charge in [-0.1, -0.05) is 137 Å². The average molecular weight is 701 g/mol. The summed E-state index contributed by atoms with van der Waals surface area (Å²) in [6, 6.07) is 0. The summed E-state index contributed by atoms with van der Waals surface area (Å²) in [5.74, 6) is 3.79. The second-order valence-corrected chi connectivity index (χ2v) is 18.8. The minimum Gasteiger partial charge on any atom is -0.462 e. The lowest BCUT2D eigenvalue weighted by Crippen LogP contribution is -2.55. The maximum Gasteiger partial charge on any atom is 0.306 e. The average Bonchev–Trinajstić information content (AvgIpc) is 3.43. The molecule has 0 aromatic heterocycles. The summed E-state index contributed by atoms with van der Waals surface area (Å²) in [4.78, 5) is 12.8. The third kappa shape index (κ3) is 10.8. The lowest BCUT2D eigenvalue weighted by molar-refractivity contribution is -0.152. The van der Waals surface area contributed by atoms with Crippen LogP contribution in [0, 0.1) is 46.3 Å². The molecule has 3 fully saturated rings. The van der Waals surface area contributed by atoms with Crippen LogP contribution in [-0.2, 0) is 9.53 Å². The van der Waals surface area contributed by atoms with Gasteiger partial charge in [-0.25, -0.2) is 0 Å². The molecule has 0 spiro atoms. The van der Waals surface area contributed by atoms with Crippen LogP contribution in [-0.4, -0.2) is 45.7 Å². The number of aliphatic hydroxyl groups is 3. The lowest BCUT2D eigenvalue weighted by Gasteiger charge is -2.59. The van der Waals surface area contributed by atoms with E-state index in [1.807, 2.05) is 0 Å². The third-order valence-electron chi connectivity index (χ3n) is 14.8. The van der Waals surface area contributed by atoms with Crippen molar-refractivity contribution in [2.75, 3.05) is 0 Å². The van der Waals surface area contributed by atoms with Gasteiger partial charge in [0.2, 0.25) is 0 Å². The van der Waals surface area contributed by atoms with Crippen molar-refractivity contribution in [3.8, 4) is 0 Å². The molecule has 290 valence electrons. The van der Waals surface area contributed by atoms with Gasteiger partial charge >= 0.3 is 5.97 Å². The Balaban J connectivity index is 1.15. The molecule has 4 aliphatic carbocycles. The smallest absolute Gasteiger partial charge is 0.306 e. The standard InChI is InChI=1S/C45H80O5/c1-7-8-9-10-12-15-21-39(46)40(47)22-16-13-11-14-17-23-42(49)50-35-26-28-44(5)34(30-35)31-41(48)43-37-25-24-36(33(4)20-18-19-32(2)3)45(37,6)29-27-38(43)44/h31-33,35-41,43,46-48H,7-30H2,1-6H3/t33-,35+,36-,37+,38+,39?,40?,41+,43+,44+,45-/m1/s1. The first kappa shape index (κ1) is 41.8. The van der Waals surface area contributed by atoms with Crippen LogP contribution in [0.15, 0.2) is 11.6 Å². The van der Waals surface area contributed by atoms with Crippen molar-refractivity contribution >= 4 is 5.97 Å². The molecule has 0 saturated heterocycles. The number of unbranched alkanes of at least 4 members (excludes halogenated alkanes) is 9. The molecule has 0 aromatic carbocycles. The first-order valence-corrected chi connectivity index (χ1v) is 21.9. The van der Waals surface area contributed by atoms with Crippen molar-refractivity contribution in [1.82, 2.24) is 0 Å². The van der Waals surface area contributed by atoms with Crippen molar-refractivity contribution < 1.29 is 24.9 Å². The van der Waals surface area contributed by atoms with E-state index in [1.54, 1.807) is 0 Å². The summed E-state index contributed by atoms with van der Waals surface area (Å²) < 4.78 is 6.05. The molecule has 5 heteroatoms. The number of fused-ring (bicyclic) bond motifs is 5. The fourth-order valence-electron chi connectivity index (χ4n) is 11.7. The Kier molecular flexibility index (Phi) is 16.7. The molecule has 11 atom stereocenters.